The summed E-state index contributed by atoms with van der Waals surface area (Å²) < 4.78 is 0. The van der Waals surface area contributed by atoms with E-state index < -0.39 is 0 Å². The molecule has 0 saturated carbocycles. The Morgan fingerprint density at radius 2 is 1.83 bits per heavy atom. The van der Waals surface area contributed by atoms with Crippen LogP contribution in [0.1, 0.15) is 54.5 Å². The van der Waals surface area contributed by atoms with E-state index in [9.17, 15) is 4.79 Å². The third kappa shape index (κ3) is 4.19. The first kappa shape index (κ1) is 17.0. The first-order valence-corrected chi connectivity index (χ1v) is 9.20. The fourth-order valence-corrected chi connectivity index (χ4v) is 3.50. The van der Waals surface area contributed by atoms with Gasteiger partial charge in [0.1, 0.15) is 5.01 Å². The summed E-state index contributed by atoms with van der Waals surface area (Å²) in [6.45, 7) is 9.56. The van der Waals surface area contributed by atoms with Crippen LogP contribution in [0, 0.1) is 0 Å². The van der Waals surface area contributed by atoms with Crippen LogP contribution in [0.3, 0.4) is 0 Å². The molecule has 0 spiro atoms. The fourth-order valence-electron chi connectivity index (χ4n) is 2.71. The van der Waals surface area contributed by atoms with Crippen molar-refractivity contribution >= 4 is 22.4 Å². The average molecular weight is 344 g/mol. The molecule has 0 bridgehead atoms. The van der Waals surface area contributed by atoms with Gasteiger partial charge in [0.15, 0.2) is 0 Å². The van der Waals surface area contributed by atoms with E-state index in [0.29, 0.717) is 10.7 Å². The van der Waals surface area contributed by atoms with Crippen LogP contribution >= 0.6 is 11.3 Å². The smallest absolute Gasteiger partial charge is 0.257 e. The quantitative estimate of drug-likeness (QED) is 0.919. The molecule has 1 amide bonds. The SMILES string of the molecule is CC(C)(C)c1nnc(NC(=O)c2ccc(CN3CCCC3)cc2)s1. The maximum Gasteiger partial charge on any atom is 0.257 e. The molecule has 1 aliphatic heterocycles. The summed E-state index contributed by atoms with van der Waals surface area (Å²) in [6, 6.07) is 7.83. The van der Waals surface area contributed by atoms with Gasteiger partial charge in [-0.05, 0) is 43.6 Å². The van der Waals surface area contributed by atoms with Crippen molar-refractivity contribution in [2.24, 2.45) is 0 Å². The van der Waals surface area contributed by atoms with Crippen molar-refractivity contribution < 1.29 is 4.79 Å². The highest BCUT2D eigenvalue weighted by Gasteiger charge is 2.20. The van der Waals surface area contributed by atoms with Crippen molar-refractivity contribution in [2.75, 3.05) is 18.4 Å². The maximum absolute atomic E-state index is 12.3. The van der Waals surface area contributed by atoms with E-state index in [1.807, 2.05) is 24.3 Å². The number of carbonyl (C=O) groups is 1. The molecule has 1 fully saturated rings. The van der Waals surface area contributed by atoms with Crippen LogP contribution in [-0.4, -0.2) is 34.1 Å². The summed E-state index contributed by atoms with van der Waals surface area (Å²) in [4.78, 5) is 14.8. The van der Waals surface area contributed by atoms with Gasteiger partial charge in [0.2, 0.25) is 5.13 Å². The Hall–Kier alpha value is -1.79. The Labute approximate surface area is 147 Å². The summed E-state index contributed by atoms with van der Waals surface area (Å²) in [5.74, 6) is -0.140. The second-order valence-electron chi connectivity index (χ2n) is 7.30. The Balaban J connectivity index is 1.61. The molecule has 2 heterocycles. The van der Waals surface area contributed by atoms with E-state index in [1.54, 1.807) is 0 Å². The maximum atomic E-state index is 12.3. The highest BCUT2D eigenvalue weighted by Crippen LogP contribution is 2.27. The lowest BCUT2D eigenvalue weighted by molar-refractivity contribution is 0.102. The Kier molecular flexibility index (Phi) is 4.96. The third-order valence-electron chi connectivity index (χ3n) is 4.11. The van der Waals surface area contributed by atoms with Crippen molar-refractivity contribution in [3.8, 4) is 0 Å². The number of likely N-dealkylation sites (tertiary alicyclic amines) is 1. The van der Waals surface area contributed by atoms with Crippen molar-refractivity contribution in [1.29, 1.82) is 0 Å². The van der Waals surface area contributed by atoms with E-state index >= 15 is 0 Å². The van der Waals surface area contributed by atoms with E-state index in [2.05, 4.69) is 41.2 Å². The van der Waals surface area contributed by atoms with Gasteiger partial charge in [0.25, 0.3) is 5.91 Å². The van der Waals surface area contributed by atoms with E-state index in [1.165, 1.54) is 42.8 Å². The van der Waals surface area contributed by atoms with Crippen LogP contribution in [0.25, 0.3) is 0 Å². The van der Waals surface area contributed by atoms with Crippen LogP contribution < -0.4 is 5.32 Å². The molecule has 5 nitrogen and oxygen atoms in total. The monoisotopic (exact) mass is 344 g/mol. The lowest BCUT2D eigenvalue weighted by atomic mass is 9.98. The van der Waals surface area contributed by atoms with Crippen LogP contribution in [0.2, 0.25) is 0 Å². The summed E-state index contributed by atoms with van der Waals surface area (Å²) >= 11 is 1.43. The van der Waals surface area contributed by atoms with Crippen LogP contribution in [0.4, 0.5) is 5.13 Å². The molecule has 0 unspecified atom stereocenters. The zero-order chi connectivity index (χ0) is 17.2. The highest BCUT2D eigenvalue weighted by molar-refractivity contribution is 7.15. The van der Waals surface area contributed by atoms with E-state index in [-0.39, 0.29) is 11.3 Å². The number of carbonyl (C=O) groups excluding carboxylic acids is 1. The van der Waals surface area contributed by atoms with Gasteiger partial charge in [0, 0.05) is 17.5 Å². The molecule has 128 valence electrons. The molecule has 1 aromatic carbocycles. The van der Waals surface area contributed by atoms with E-state index in [0.717, 1.165) is 11.6 Å². The number of nitrogens with one attached hydrogen (secondary N) is 1. The molecule has 0 atom stereocenters. The molecule has 1 N–H and O–H groups in total. The van der Waals surface area contributed by atoms with Gasteiger partial charge in [-0.1, -0.05) is 44.2 Å². The Morgan fingerprint density at radius 3 is 2.42 bits per heavy atom. The van der Waals surface area contributed by atoms with Crippen molar-refractivity contribution in [1.82, 2.24) is 15.1 Å². The molecule has 2 aromatic rings. The topological polar surface area (TPSA) is 58.1 Å². The number of hydrogen-bond donors (Lipinski definition) is 1. The van der Waals surface area contributed by atoms with Crippen LogP contribution in [0.5, 0.6) is 0 Å². The summed E-state index contributed by atoms with van der Waals surface area (Å²) in [7, 11) is 0. The van der Waals surface area contributed by atoms with Gasteiger partial charge in [0.05, 0.1) is 0 Å². The molecule has 0 radical (unpaired) electrons. The zero-order valence-corrected chi connectivity index (χ0v) is 15.3. The molecule has 0 aliphatic carbocycles. The average Bonchev–Trinajstić information content (AvgIpc) is 3.19. The largest absolute Gasteiger partial charge is 0.299 e. The Morgan fingerprint density at radius 1 is 1.17 bits per heavy atom. The summed E-state index contributed by atoms with van der Waals surface area (Å²) in [5.41, 5.74) is 1.84. The Bertz CT molecular complexity index is 697. The summed E-state index contributed by atoms with van der Waals surface area (Å²) in [5, 5.41) is 12.5. The molecular formula is C18H24N4OS. The minimum atomic E-state index is -0.140. The van der Waals surface area contributed by atoms with Gasteiger partial charge < -0.3 is 0 Å². The normalized spacial score (nSPS) is 15.6. The minimum Gasteiger partial charge on any atom is -0.299 e. The van der Waals surface area contributed by atoms with Gasteiger partial charge in [-0.25, -0.2) is 0 Å². The molecule has 1 aliphatic rings. The molecule has 3 rings (SSSR count). The standard InChI is InChI=1S/C18H24N4OS/c1-18(2,3)16-20-21-17(24-16)19-15(23)14-8-6-13(7-9-14)12-22-10-4-5-11-22/h6-9H,4-5,10-12H2,1-3H3,(H,19,21,23). The molecule has 1 saturated heterocycles. The van der Waals surface area contributed by atoms with Gasteiger partial charge in [-0.2, -0.15) is 0 Å². The number of amides is 1. The second kappa shape index (κ2) is 6.99. The highest BCUT2D eigenvalue weighted by atomic mass is 32.1. The first-order chi connectivity index (χ1) is 11.4. The van der Waals surface area contributed by atoms with Gasteiger partial charge >= 0.3 is 0 Å². The fraction of sp³-hybridized carbons (Fsp3) is 0.500. The lowest BCUT2D eigenvalue weighted by Crippen LogP contribution is -2.18. The van der Waals surface area contributed by atoms with Crippen molar-refractivity contribution in [3.05, 3.63) is 40.4 Å². The third-order valence-corrected chi connectivity index (χ3v) is 5.37. The zero-order valence-electron chi connectivity index (χ0n) is 14.5. The predicted molar refractivity (Wildman–Crippen MR) is 97.5 cm³/mol. The first-order valence-electron chi connectivity index (χ1n) is 8.38. The van der Waals surface area contributed by atoms with Gasteiger partial charge in [-0.15, -0.1) is 10.2 Å². The number of hydrogen-bond acceptors (Lipinski definition) is 5. The molecular weight excluding hydrogens is 320 g/mol. The lowest BCUT2D eigenvalue weighted by Gasteiger charge is -2.14. The number of anilines is 1. The van der Waals surface area contributed by atoms with Crippen LogP contribution in [-0.2, 0) is 12.0 Å². The van der Waals surface area contributed by atoms with Crippen molar-refractivity contribution in [3.63, 3.8) is 0 Å². The van der Waals surface area contributed by atoms with E-state index in [4.69, 9.17) is 0 Å². The molecule has 6 heteroatoms. The molecule has 1 aromatic heterocycles. The number of rotatable bonds is 4. The van der Waals surface area contributed by atoms with Crippen LogP contribution in [0.15, 0.2) is 24.3 Å². The molecule has 24 heavy (non-hydrogen) atoms. The minimum absolute atomic E-state index is 0.0577. The second-order valence-corrected chi connectivity index (χ2v) is 8.27. The number of nitrogens with zero attached hydrogens (tertiary/aromatic N) is 3. The summed E-state index contributed by atoms with van der Waals surface area (Å²) in [6.07, 6.45) is 2.58. The van der Waals surface area contributed by atoms with Crippen molar-refractivity contribution in [2.45, 2.75) is 45.6 Å². The predicted octanol–water partition coefficient (Wildman–Crippen LogP) is 3.68. The number of benzene rings is 1. The number of aromatic nitrogens is 2. The van der Waals surface area contributed by atoms with Gasteiger partial charge in [-0.3, -0.25) is 15.0 Å².